The third-order valence-corrected chi connectivity index (χ3v) is 3.12. The summed E-state index contributed by atoms with van der Waals surface area (Å²) in [4.78, 5) is 0. The van der Waals surface area contributed by atoms with Crippen LogP contribution in [0.1, 0.15) is 39.5 Å². The molecule has 0 saturated carbocycles. The summed E-state index contributed by atoms with van der Waals surface area (Å²) in [5.41, 5.74) is 0. The summed E-state index contributed by atoms with van der Waals surface area (Å²) in [7, 11) is 0. The first-order chi connectivity index (χ1) is 7.22. The first kappa shape index (κ1) is 12.7. The fraction of sp³-hybridized carbons (Fsp3) is 0.846. The Morgan fingerprint density at radius 1 is 1.33 bits per heavy atom. The van der Waals surface area contributed by atoms with Crippen LogP contribution in [0.25, 0.3) is 0 Å². The van der Waals surface area contributed by atoms with E-state index in [1.165, 1.54) is 19.3 Å². The number of hydrogen-bond donors (Lipinski definition) is 1. The van der Waals surface area contributed by atoms with E-state index in [2.05, 4.69) is 25.7 Å². The zero-order chi connectivity index (χ0) is 11.1. The largest absolute Gasteiger partial charge is 0.381 e. The lowest BCUT2D eigenvalue weighted by Crippen LogP contribution is -2.36. The molecule has 1 rings (SSSR count). The maximum atomic E-state index is 5.37. The van der Waals surface area contributed by atoms with Gasteiger partial charge >= 0.3 is 0 Å². The summed E-state index contributed by atoms with van der Waals surface area (Å²) in [5, 5.41) is 3.62. The zero-order valence-electron chi connectivity index (χ0n) is 10.2. The Kier molecular flexibility index (Phi) is 5.96. The molecule has 2 unspecified atom stereocenters. The highest BCUT2D eigenvalue weighted by Gasteiger charge is 2.17. The van der Waals surface area contributed by atoms with Crippen LogP contribution < -0.4 is 5.32 Å². The van der Waals surface area contributed by atoms with Crippen LogP contribution in [0.4, 0.5) is 0 Å². The quantitative estimate of drug-likeness (QED) is 0.682. The maximum Gasteiger partial charge on any atom is 0.0468 e. The normalized spacial score (nSPS) is 22.3. The van der Waals surface area contributed by atoms with Crippen molar-refractivity contribution >= 4 is 0 Å². The van der Waals surface area contributed by atoms with E-state index in [9.17, 15) is 0 Å². The summed E-state index contributed by atoms with van der Waals surface area (Å²) < 4.78 is 5.37. The summed E-state index contributed by atoms with van der Waals surface area (Å²) in [6.45, 7) is 10.2. The molecule has 0 radical (unpaired) electrons. The second-order valence-electron chi connectivity index (χ2n) is 4.78. The molecule has 0 aromatic carbocycles. The Hall–Kier alpha value is -0.340. The molecular formula is C13H25NO. The molecule has 0 aromatic heterocycles. The van der Waals surface area contributed by atoms with Crippen LogP contribution in [0.5, 0.6) is 0 Å². The van der Waals surface area contributed by atoms with Crippen LogP contribution in [0, 0.1) is 5.92 Å². The van der Waals surface area contributed by atoms with Crippen molar-refractivity contribution in [2.24, 2.45) is 5.92 Å². The summed E-state index contributed by atoms with van der Waals surface area (Å²) >= 11 is 0. The lowest BCUT2D eigenvalue weighted by atomic mass is 9.93. The maximum absolute atomic E-state index is 5.37. The highest BCUT2D eigenvalue weighted by Crippen LogP contribution is 2.20. The lowest BCUT2D eigenvalue weighted by molar-refractivity contribution is 0.0608. The molecule has 1 fully saturated rings. The van der Waals surface area contributed by atoms with E-state index in [0.29, 0.717) is 12.1 Å². The fourth-order valence-corrected chi connectivity index (χ4v) is 2.35. The van der Waals surface area contributed by atoms with Crippen molar-refractivity contribution in [1.29, 1.82) is 0 Å². The van der Waals surface area contributed by atoms with Crippen molar-refractivity contribution in [2.75, 3.05) is 13.2 Å². The van der Waals surface area contributed by atoms with Gasteiger partial charge in [0.05, 0.1) is 0 Å². The van der Waals surface area contributed by atoms with E-state index in [-0.39, 0.29) is 0 Å². The standard InChI is InChI=1S/C13H25NO/c1-4-5-11(2)14-12(3)10-13-6-8-15-9-7-13/h4,11-14H,1,5-10H2,2-3H3. The molecule has 2 heteroatoms. The van der Waals surface area contributed by atoms with Gasteiger partial charge in [0.25, 0.3) is 0 Å². The average molecular weight is 211 g/mol. The van der Waals surface area contributed by atoms with Gasteiger partial charge in [-0.2, -0.15) is 0 Å². The van der Waals surface area contributed by atoms with Gasteiger partial charge in [-0.15, -0.1) is 6.58 Å². The average Bonchev–Trinajstić information content (AvgIpc) is 2.19. The van der Waals surface area contributed by atoms with Crippen molar-refractivity contribution < 1.29 is 4.74 Å². The minimum atomic E-state index is 0.553. The molecule has 88 valence electrons. The number of hydrogen-bond acceptors (Lipinski definition) is 2. The van der Waals surface area contributed by atoms with Gasteiger partial charge < -0.3 is 10.1 Å². The fourth-order valence-electron chi connectivity index (χ4n) is 2.35. The van der Waals surface area contributed by atoms with Crippen LogP contribution in [0.15, 0.2) is 12.7 Å². The topological polar surface area (TPSA) is 21.3 Å². The Morgan fingerprint density at radius 3 is 2.60 bits per heavy atom. The molecular weight excluding hydrogens is 186 g/mol. The van der Waals surface area contributed by atoms with Crippen LogP contribution in [0.3, 0.4) is 0 Å². The SMILES string of the molecule is C=CCC(C)NC(C)CC1CCOCC1. The summed E-state index contributed by atoms with van der Waals surface area (Å²) in [6, 6.07) is 1.17. The molecule has 0 aliphatic carbocycles. The summed E-state index contributed by atoms with van der Waals surface area (Å²) in [5.74, 6) is 0.859. The second kappa shape index (κ2) is 7.02. The molecule has 0 amide bonds. The number of ether oxygens (including phenoxy) is 1. The predicted octanol–water partition coefficient (Wildman–Crippen LogP) is 2.75. The van der Waals surface area contributed by atoms with Crippen LogP contribution >= 0.6 is 0 Å². The predicted molar refractivity (Wildman–Crippen MR) is 65.0 cm³/mol. The van der Waals surface area contributed by atoms with Gasteiger partial charge in [0.2, 0.25) is 0 Å². The van der Waals surface area contributed by atoms with E-state index in [1.54, 1.807) is 0 Å². The molecule has 1 aliphatic heterocycles. The molecule has 0 aromatic rings. The van der Waals surface area contributed by atoms with Crippen molar-refractivity contribution in [2.45, 2.75) is 51.6 Å². The number of rotatable bonds is 6. The van der Waals surface area contributed by atoms with Gasteiger partial charge in [-0.3, -0.25) is 0 Å². The van der Waals surface area contributed by atoms with Crippen molar-refractivity contribution in [1.82, 2.24) is 5.32 Å². The Bertz CT molecular complexity index is 175. The smallest absolute Gasteiger partial charge is 0.0468 e. The van der Waals surface area contributed by atoms with Gasteiger partial charge in [0, 0.05) is 25.3 Å². The highest BCUT2D eigenvalue weighted by atomic mass is 16.5. The summed E-state index contributed by atoms with van der Waals surface area (Å²) in [6.07, 6.45) is 6.80. The second-order valence-corrected chi connectivity index (χ2v) is 4.78. The van der Waals surface area contributed by atoms with E-state index in [4.69, 9.17) is 4.74 Å². The highest BCUT2D eigenvalue weighted by molar-refractivity contribution is 4.78. The Labute approximate surface area is 94.1 Å². The van der Waals surface area contributed by atoms with E-state index in [0.717, 1.165) is 25.6 Å². The van der Waals surface area contributed by atoms with Crippen LogP contribution in [0.2, 0.25) is 0 Å². The van der Waals surface area contributed by atoms with E-state index in [1.807, 2.05) is 6.08 Å². The Balaban J connectivity index is 2.16. The van der Waals surface area contributed by atoms with E-state index >= 15 is 0 Å². The molecule has 15 heavy (non-hydrogen) atoms. The molecule has 0 bridgehead atoms. The number of nitrogens with one attached hydrogen (secondary N) is 1. The zero-order valence-corrected chi connectivity index (χ0v) is 10.2. The van der Waals surface area contributed by atoms with Crippen molar-refractivity contribution in [3.63, 3.8) is 0 Å². The molecule has 1 N–H and O–H groups in total. The lowest BCUT2D eigenvalue weighted by Gasteiger charge is -2.27. The first-order valence-corrected chi connectivity index (χ1v) is 6.17. The molecule has 0 spiro atoms. The molecule has 1 saturated heterocycles. The van der Waals surface area contributed by atoms with Crippen LogP contribution in [-0.4, -0.2) is 25.3 Å². The Morgan fingerprint density at radius 2 is 2.00 bits per heavy atom. The minimum absolute atomic E-state index is 0.553. The van der Waals surface area contributed by atoms with Gasteiger partial charge in [-0.1, -0.05) is 6.08 Å². The van der Waals surface area contributed by atoms with Gasteiger partial charge in [-0.25, -0.2) is 0 Å². The minimum Gasteiger partial charge on any atom is -0.381 e. The molecule has 1 aliphatic rings. The monoisotopic (exact) mass is 211 g/mol. The first-order valence-electron chi connectivity index (χ1n) is 6.17. The third-order valence-electron chi connectivity index (χ3n) is 3.12. The van der Waals surface area contributed by atoms with Gasteiger partial charge in [0.1, 0.15) is 0 Å². The van der Waals surface area contributed by atoms with Gasteiger partial charge in [0.15, 0.2) is 0 Å². The van der Waals surface area contributed by atoms with Gasteiger partial charge in [-0.05, 0) is 45.4 Å². The van der Waals surface area contributed by atoms with Crippen molar-refractivity contribution in [3.8, 4) is 0 Å². The molecule has 2 nitrogen and oxygen atoms in total. The van der Waals surface area contributed by atoms with Crippen LogP contribution in [-0.2, 0) is 4.74 Å². The van der Waals surface area contributed by atoms with E-state index < -0.39 is 0 Å². The third kappa shape index (κ3) is 5.33. The molecule has 1 heterocycles. The molecule has 2 atom stereocenters. The van der Waals surface area contributed by atoms with Crippen molar-refractivity contribution in [3.05, 3.63) is 12.7 Å².